The van der Waals surface area contributed by atoms with E-state index < -0.39 is 15.0 Å². The molecular weight excluding hydrogens is 281 g/mol. The van der Waals surface area contributed by atoms with Gasteiger partial charge in [0.25, 0.3) is 0 Å². The third-order valence-electron chi connectivity index (χ3n) is 3.67. The van der Waals surface area contributed by atoms with Crippen molar-refractivity contribution in [2.45, 2.75) is 56.9 Å². The van der Waals surface area contributed by atoms with E-state index in [2.05, 4.69) is 44.2 Å². The summed E-state index contributed by atoms with van der Waals surface area (Å²) in [7, 11) is 6.85. The fourth-order valence-electron chi connectivity index (χ4n) is 2.52. The van der Waals surface area contributed by atoms with Crippen LogP contribution in [0, 0.1) is 0 Å². The molecule has 0 unspecified atom stereocenters. The Morgan fingerprint density at radius 3 is 2.00 bits per heavy atom. The molecule has 0 nitrogen and oxygen atoms in total. The summed E-state index contributed by atoms with van der Waals surface area (Å²) < 4.78 is 2.34. The van der Waals surface area contributed by atoms with Crippen LogP contribution in [0.2, 0.25) is 4.51 Å². The fraction of sp³-hybridized carbons (Fsp3) is 0.600. The maximum absolute atomic E-state index is 6.85. The van der Waals surface area contributed by atoms with Crippen molar-refractivity contribution < 1.29 is 15.0 Å². The molecule has 0 atom stereocenters. The van der Waals surface area contributed by atoms with E-state index in [0.29, 0.717) is 0 Å². The zero-order valence-electron chi connectivity index (χ0n) is 11.3. The quantitative estimate of drug-likeness (QED) is 0.575. The summed E-state index contributed by atoms with van der Waals surface area (Å²) >= 11 is -1.99. The Morgan fingerprint density at radius 1 is 1.00 bits per heavy atom. The second kappa shape index (κ2) is 9.12. The number of hydrogen-bond donors (Lipinski definition) is 0. The third kappa shape index (κ3) is 5.53. The molecule has 1 rings (SSSR count). The molecule has 0 bridgehead atoms. The van der Waals surface area contributed by atoms with Gasteiger partial charge in [-0.2, -0.15) is 0 Å². The van der Waals surface area contributed by atoms with Crippen LogP contribution in [0.1, 0.15) is 52.4 Å². The first-order valence-corrected chi connectivity index (χ1v) is 14.3. The molecule has 0 radical (unpaired) electrons. The van der Waals surface area contributed by atoms with Gasteiger partial charge in [-0.25, -0.2) is 0 Å². The molecule has 0 aliphatic carbocycles. The van der Waals surface area contributed by atoms with Crippen molar-refractivity contribution in [3.8, 4) is 0 Å². The van der Waals surface area contributed by atoms with Crippen molar-refractivity contribution in [3.05, 3.63) is 30.3 Å². The second-order valence-corrected chi connectivity index (χ2v) is 14.3. The van der Waals surface area contributed by atoms with Crippen LogP contribution in [0.4, 0.5) is 0 Å². The average Bonchev–Trinajstić information content (AvgIpc) is 2.39. The summed E-state index contributed by atoms with van der Waals surface area (Å²) in [6, 6.07) is 10.9. The number of benzene rings is 1. The van der Waals surface area contributed by atoms with E-state index in [0.717, 1.165) is 4.51 Å². The predicted octanol–water partition coefficient (Wildman–Crippen LogP) is 5.25. The summed E-state index contributed by atoms with van der Waals surface area (Å²) in [4.78, 5) is 0. The number of rotatable bonds is 8. The standard InChI is InChI=1S/C9H19.C6H5.ClH.Zn/c1-3-5-7-9-8-6-4-2;1-2-4-6-5-3-1;;/h9H,3-8H2,1-2H3;1-5H;1H;/q;;;+1/p-1. The molecule has 1 aromatic carbocycles. The van der Waals surface area contributed by atoms with Gasteiger partial charge in [0.1, 0.15) is 0 Å². The van der Waals surface area contributed by atoms with Crippen molar-refractivity contribution in [1.82, 2.24) is 0 Å². The minimum absolute atomic E-state index is 0.846. The first-order chi connectivity index (χ1) is 8.29. The molecule has 0 N–H and O–H groups in total. The van der Waals surface area contributed by atoms with Crippen LogP contribution in [-0.2, 0) is 15.0 Å². The topological polar surface area (TPSA) is 0 Å². The van der Waals surface area contributed by atoms with E-state index in [1.54, 1.807) is 0 Å². The second-order valence-electron chi connectivity index (χ2n) is 5.13. The molecule has 17 heavy (non-hydrogen) atoms. The normalized spacial score (nSPS) is 10.8. The minimum atomic E-state index is -1.99. The van der Waals surface area contributed by atoms with Crippen LogP contribution < -0.4 is 4.16 Å². The van der Waals surface area contributed by atoms with Crippen LogP contribution >= 0.6 is 9.69 Å². The molecule has 0 saturated heterocycles. The van der Waals surface area contributed by atoms with Crippen LogP contribution in [0.25, 0.3) is 0 Å². The van der Waals surface area contributed by atoms with E-state index in [1.165, 1.54) is 42.7 Å². The van der Waals surface area contributed by atoms with Gasteiger partial charge in [-0.3, -0.25) is 0 Å². The summed E-state index contributed by atoms with van der Waals surface area (Å²) in [5.74, 6) is 0. The predicted molar refractivity (Wildman–Crippen MR) is 74.7 cm³/mol. The van der Waals surface area contributed by atoms with Crippen LogP contribution in [0.15, 0.2) is 30.3 Å². The molecule has 0 aliphatic heterocycles. The van der Waals surface area contributed by atoms with E-state index in [1.807, 2.05) is 0 Å². The summed E-state index contributed by atoms with van der Waals surface area (Å²) in [6.07, 6.45) is 8.00. The molecular formula is C15H24ClZn. The Kier molecular flexibility index (Phi) is 8.15. The molecule has 0 heterocycles. The molecule has 0 aliphatic rings. The van der Waals surface area contributed by atoms with E-state index in [4.69, 9.17) is 9.69 Å². The van der Waals surface area contributed by atoms with Gasteiger partial charge in [-0.05, 0) is 0 Å². The first-order valence-electron chi connectivity index (χ1n) is 7.17. The number of unbranched alkanes of at least 4 members (excludes halogenated alkanes) is 2. The van der Waals surface area contributed by atoms with Crippen molar-refractivity contribution in [2.75, 3.05) is 0 Å². The van der Waals surface area contributed by atoms with Gasteiger partial charge in [0.2, 0.25) is 0 Å². The molecule has 0 fully saturated rings. The number of halogens is 1. The Labute approximate surface area is 116 Å². The van der Waals surface area contributed by atoms with Gasteiger partial charge in [0.05, 0.1) is 0 Å². The van der Waals surface area contributed by atoms with Gasteiger partial charge in [0, 0.05) is 0 Å². The van der Waals surface area contributed by atoms with Crippen LogP contribution in [0.3, 0.4) is 0 Å². The van der Waals surface area contributed by atoms with E-state index in [9.17, 15) is 0 Å². The van der Waals surface area contributed by atoms with Crippen molar-refractivity contribution in [3.63, 3.8) is 0 Å². The SMILES string of the molecule is CCCC[CH](CCCC)[Zn]([Cl])[c]1ccccc1. The number of hydrogen-bond acceptors (Lipinski definition) is 0. The van der Waals surface area contributed by atoms with Gasteiger partial charge in [-0.15, -0.1) is 0 Å². The van der Waals surface area contributed by atoms with E-state index in [-0.39, 0.29) is 0 Å². The Bertz CT molecular complexity index is 278. The monoisotopic (exact) mass is 303 g/mol. The zero-order valence-corrected chi connectivity index (χ0v) is 15.0. The molecule has 2 heteroatoms. The maximum atomic E-state index is 6.85. The Hall–Kier alpha value is 0.133. The summed E-state index contributed by atoms with van der Waals surface area (Å²) in [5, 5.41) is 0. The van der Waals surface area contributed by atoms with Crippen molar-refractivity contribution >= 4 is 13.8 Å². The molecule has 0 amide bonds. The van der Waals surface area contributed by atoms with Gasteiger partial charge < -0.3 is 0 Å². The summed E-state index contributed by atoms with van der Waals surface area (Å²) in [6.45, 7) is 4.55. The van der Waals surface area contributed by atoms with Gasteiger partial charge in [-0.1, -0.05) is 0 Å². The fourth-order valence-corrected chi connectivity index (χ4v) is 10.7. The molecule has 1 aromatic rings. The Balaban J connectivity index is 2.61. The molecule has 93 valence electrons. The van der Waals surface area contributed by atoms with Crippen LogP contribution in [-0.4, -0.2) is 0 Å². The van der Waals surface area contributed by atoms with Gasteiger partial charge >= 0.3 is 116 Å². The summed E-state index contributed by atoms with van der Waals surface area (Å²) in [5.41, 5.74) is 0. The average molecular weight is 305 g/mol. The third-order valence-corrected chi connectivity index (χ3v) is 14.0. The zero-order chi connectivity index (χ0) is 12.5. The van der Waals surface area contributed by atoms with Crippen molar-refractivity contribution in [2.24, 2.45) is 0 Å². The van der Waals surface area contributed by atoms with Crippen molar-refractivity contribution in [1.29, 1.82) is 0 Å². The molecule has 0 spiro atoms. The van der Waals surface area contributed by atoms with Crippen LogP contribution in [0.5, 0.6) is 0 Å². The first kappa shape index (κ1) is 15.2. The molecule has 0 saturated carbocycles. The van der Waals surface area contributed by atoms with E-state index >= 15 is 0 Å². The Morgan fingerprint density at radius 2 is 1.53 bits per heavy atom. The molecule has 0 aromatic heterocycles. The van der Waals surface area contributed by atoms with Gasteiger partial charge in [0.15, 0.2) is 0 Å².